The van der Waals surface area contributed by atoms with Crippen LogP contribution in [0.25, 0.3) is 0 Å². The lowest BCUT2D eigenvalue weighted by Crippen LogP contribution is -2.18. The maximum atomic E-state index is 5.58. The maximum absolute atomic E-state index is 5.58. The Bertz CT molecular complexity index is 123. The topological polar surface area (TPSA) is 21.3 Å². The summed E-state index contributed by atoms with van der Waals surface area (Å²) in [6, 6.07) is 0. The fourth-order valence-electron chi connectivity index (χ4n) is 1.73. The SMILES string of the molecule is CCCNCCCOCCC1CCC1. The Kier molecular flexibility index (Phi) is 7.06. The molecule has 1 N–H and O–H groups in total. The van der Waals surface area contributed by atoms with E-state index in [9.17, 15) is 0 Å². The fourth-order valence-corrected chi connectivity index (χ4v) is 1.73. The highest BCUT2D eigenvalue weighted by Crippen LogP contribution is 2.28. The van der Waals surface area contributed by atoms with Crippen LogP contribution in [0.1, 0.15) is 45.4 Å². The van der Waals surface area contributed by atoms with E-state index >= 15 is 0 Å². The van der Waals surface area contributed by atoms with E-state index in [0.29, 0.717) is 0 Å². The average molecular weight is 199 g/mol. The molecule has 0 heterocycles. The third-order valence-corrected chi connectivity index (χ3v) is 2.96. The molecule has 0 bridgehead atoms. The van der Waals surface area contributed by atoms with Gasteiger partial charge in [-0.1, -0.05) is 26.2 Å². The van der Waals surface area contributed by atoms with Gasteiger partial charge >= 0.3 is 0 Å². The molecule has 0 atom stereocenters. The van der Waals surface area contributed by atoms with Crippen LogP contribution in [0.3, 0.4) is 0 Å². The van der Waals surface area contributed by atoms with Gasteiger partial charge in [0.1, 0.15) is 0 Å². The summed E-state index contributed by atoms with van der Waals surface area (Å²) in [5.41, 5.74) is 0. The zero-order valence-electron chi connectivity index (χ0n) is 9.56. The average Bonchev–Trinajstić information content (AvgIpc) is 2.13. The van der Waals surface area contributed by atoms with Crippen molar-refractivity contribution in [3.05, 3.63) is 0 Å². The summed E-state index contributed by atoms with van der Waals surface area (Å²) in [6.07, 6.45) is 8.02. The lowest BCUT2D eigenvalue weighted by Gasteiger charge is -2.24. The second kappa shape index (κ2) is 8.25. The lowest BCUT2D eigenvalue weighted by atomic mass is 9.83. The van der Waals surface area contributed by atoms with Gasteiger partial charge in [-0.2, -0.15) is 0 Å². The van der Waals surface area contributed by atoms with Crippen molar-refractivity contribution in [1.82, 2.24) is 5.32 Å². The zero-order chi connectivity index (χ0) is 10.1. The molecule has 0 radical (unpaired) electrons. The molecule has 1 aliphatic rings. The molecule has 1 saturated carbocycles. The van der Waals surface area contributed by atoms with Crippen molar-refractivity contribution in [3.63, 3.8) is 0 Å². The molecule has 1 fully saturated rings. The minimum atomic E-state index is 0.934. The van der Waals surface area contributed by atoms with Crippen molar-refractivity contribution in [3.8, 4) is 0 Å². The molecular formula is C12H25NO. The van der Waals surface area contributed by atoms with E-state index in [1.807, 2.05) is 0 Å². The molecule has 0 unspecified atom stereocenters. The van der Waals surface area contributed by atoms with Gasteiger partial charge in [0.2, 0.25) is 0 Å². The van der Waals surface area contributed by atoms with E-state index < -0.39 is 0 Å². The minimum Gasteiger partial charge on any atom is -0.381 e. The highest BCUT2D eigenvalue weighted by molar-refractivity contribution is 4.68. The van der Waals surface area contributed by atoms with Gasteiger partial charge in [0.15, 0.2) is 0 Å². The van der Waals surface area contributed by atoms with Crippen molar-refractivity contribution < 1.29 is 4.74 Å². The molecule has 84 valence electrons. The molecule has 1 aliphatic carbocycles. The molecule has 0 amide bonds. The monoisotopic (exact) mass is 199 g/mol. The van der Waals surface area contributed by atoms with Gasteiger partial charge in [-0.05, 0) is 38.3 Å². The molecule has 0 aliphatic heterocycles. The number of hydrogen-bond donors (Lipinski definition) is 1. The predicted octanol–water partition coefficient (Wildman–Crippen LogP) is 2.58. The first-order valence-electron chi connectivity index (χ1n) is 6.22. The van der Waals surface area contributed by atoms with E-state index in [4.69, 9.17) is 4.74 Å². The fraction of sp³-hybridized carbons (Fsp3) is 1.00. The molecule has 2 heteroatoms. The Balaban J connectivity index is 1.67. The summed E-state index contributed by atoms with van der Waals surface area (Å²) in [7, 11) is 0. The first-order valence-corrected chi connectivity index (χ1v) is 6.22. The Morgan fingerprint density at radius 1 is 1.21 bits per heavy atom. The molecule has 2 nitrogen and oxygen atoms in total. The third-order valence-electron chi connectivity index (χ3n) is 2.96. The summed E-state index contributed by atoms with van der Waals surface area (Å²) in [6.45, 7) is 6.36. The lowest BCUT2D eigenvalue weighted by molar-refractivity contribution is 0.105. The summed E-state index contributed by atoms with van der Waals surface area (Å²) < 4.78 is 5.58. The van der Waals surface area contributed by atoms with Crippen LogP contribution in [0, 0.1) is 5.92 Å². The quantitative estimate of drug-likeness (QED) is 0.576. The molecular weight excluding hydrogens is 174 g/mol. The van der Waals surface area contributed by atoms with E-state index in [0.717, 1.165) is 38.6 Å². The smallest absolute Gasteiger partial charge is 0.0478 e. The van der Waals surface area contributed by atoms with E-state index in [1.54, 1.807) is 0 Å². The molecule has 1 rings (SSSR count). The number of ether oxygens (including phenoxy) is 1. The molecule has 0 aromatic carbocycles. The molecule has 0 aromatic rings. The van der Waals surface area contributed by atoms with Crippen LogP contribution in [0.4, 0.5) is 0 Å². The first-order chi connectivity index (χ1) is 6.93. The summed E-state index contributed by atoms with van der Waals surface area (Å²) in [4.78, 5) is 0. The maximum Gasteiger partial charge on any atom is 0.0478 e. The van der Waals surface area contributed by atoms with Crippen molar-refractivity contribution in [2.24, 2.45) is 5.92 Å². The normalized spacial score (nSPS) is 16.9. The van der Waals surface area contributed by atoms with Crippen LogP contribution in [0.15, 0.2) is 0 Å². The standard InChI is InChI=1S/C12H25NO/c1-2-8-13-9-4-10-14-11-7-12-5-3-6-12/h12-13H,2-11H2,1H3. The number of nitrogens with one attached hydrogen (secondary N) is 1. The minimum absolute atomic E-state index is 0.934. The van der Waals surface area contributed by atoms with Crippen LogP contribution in [0.5, 0.6) is 0 Å². The second-order valence-corrected chi connectivity index (χ2v) is 4.30. The van der Waals surface area contributed by atoms with E-state index in [2.05, 4.69) is 12.2 Å². The Morgan fingerprint density at radius 3 is 2.71 bits per heavy atom. The summed E-state index contributed by atoms with van der Waals surface area (Å²) in [5.74, 6) is 0.994. The Labute approximate surface area is 88.4 Å². The molecule has 14 heavy (non-hydrogen) atoms. The Morgan fingerprint density at radius 2 is 2.07 bits per heavy atom. The van der Waals surface area contributed by atoms with E-state index in [-0.39, 0.29) is 0 Å². The second-order valence-electron chi connectivity index (χ2n) is 4.30. The van der Waals surface area contributed by atoms with Gasteiger partial charge in [0.25, 0.3) is 0 Å². The summed E-state index contributed by atoms with van der Waals surface area (Å²) >= 11 is 0. The summed E-state index contributed by atoms with van der Waals surface area (Å²) in [5, 5.41) is 3.38. The van der Waals surface area contributed by atoms with Crippen molar-refractivity contribution >= 4 is 0 Å². The van der Waals surface area contributed by atoms with Gasteiger partial charge in [0.05, 0.1) is 0 Å². The van der Waals surface area contributed by atoms with Gasteiger partial charge in [-0.15, -0.1) is 0 Å². The van der Waals surface area contributed by atoms with Crippen LogP contribution in [0.2, 0.25) is 0 Å². The first kappa shape index (κ1) is 12.0. The molecule has 0 aromatic heterocycles. The zero-order valence-corrected chi connectivity index (χ0v) is 9.56. The molecule has 0 spiro atoms. The number of rotatable bonds is 9. The third kappa shape index (κ3) is 5.61. The predicted molar refractivity (Wildman–Crippen MR) is 60.6 cm³/mol. The highest BCUT2D eigenvalue weighted by atomic mass is 16.5. The van der Waals surface area contributed by atoms with Crippen LogP contribution in [-0.2, 0) is 4.74 Å². The number of hydrogen-bond acceptors (Lipinski definition) is 2. The van der Waals surface area contributed by atoms with Crippen molar-refractivity contribution in [1.29, 1.82) is 0 Å². The van der Waals surface area contributed by atoms with Gasteiger partial charge in [-0.25, -0.2) is 0 Å². The van der Waals surface area contributed by atoms with Crippen LogP contribution < -0.4 is 5.32 Å². The van der Waals surface area contributed by atoms with Gasteiger partial charge in [0, 0.05) is 13.2 Å². The van der Waals surface area contributed by atoms with Crippen molar-refractivity contribution in [2.75, 3.05) is 26.3 Å². The van der Waals surface area contributed by atoms with Gasteiger partial charge < -0.3 is 10.1 Å². The van der Waals surface area contributed by atoms with Crippen LogP contribution >= 0.6 is 0 Å². The largest absolute Gasteiger partial charge is 0.381 e. The highest BCUT2D eigenvalue weighted by Gasteiger charge is 2.16. The van der Waals surface area contributed by atoms with E-state index in [1.165, 1.54) is 32.1 Å². The molecule has 0 saturated heterocycles. The van der Waals surface area contributed by atoms with Crippen LogP contribution in [-0.4, -0.2) is 26.3 Å². The van der Waals surface area contributed by atoms with Gasteiger partial charge in [-0.3, -0.25) is 0 Å². The Hall–Kier alpha value is -0.0800. The van der Waals surface area contributed by atoms with Crippen molar-refractivity contribution in [2.45, 2.75) is 45.4 Å².